The van der Waals surface area contributed by atoms with Crippen molar-refractivity contribution < 1.29 is 0 Å². The van der Waals surface area contributed by atoms with Crippen LogP contribution in [0.2, 0.25) is 0 Å². The van der Waals surface area contributed by atoms with Crippen LogP contribution in [0.3, 0.4) is 0 Å². The van der Waals surface area contributed by atoms with Crippen LogP contribution in [0.5, 0.6) is 0 Å². The lowest BCUT2D eigenvalue weighted by atomic mass is 9.65. The first kappa shape index (κ1) is 33.1. The molecule has 0 fully saturated rings. The molecule has 0 radical (unpaired) electrons. The second-order valence-electron chi connectivity index (χ2n) is 15.8. The number of nitrogens with zero attached hydrogens (tertiary/aromatic N) is 4. The molecule has 1 aliphatic heterocycles. The fourth-order valence-corrected chi connectivity index (χ4v) is 10.5. The summed E-state index contributed by atoms with van der Waals surface area (Å²) in [6, 6.07) is 74.4. The predicted molar refractivity (Wildman–Crippen MR) is 244 cm³/mol. The van der Waals surface area contributed by atoms with Gasteiger partial charge in [-0.2, -0.15) is 0 Å². The van der Waals surface area contributed by atoms with Gasteiger partial charge in [-0.15, -0.1) is 0 Å². The van der Waals surface area contributed by atoms with Crippen LogP contribution in [0.15, 0.2) is 206 Å². The molecule has 1 spiro atoms. The average molecular weight is 763 g/mol. The lowest BCUT2D eigenvalue weighted by molar-refractivity contribution is 0.748. The molecule has 60 heavy (non-hydrogen) atoms. The van der Waals surface area contributed by atoms with Crippen LogP contribution in [0, 0.1) is 0 Å². The molecule has 9 aromatic carbocycles. The van der Waals surface area contributed by atoms with E-state index < -0.39 is 5.41 Å². The summed E-state index contributed by atoms with van der Waals surface area (Å²) in [5.41, 5.74) is 15.9. The van der Waals surface area contributed by atoms with E-state index in [9.17, 15) is 0 Å². The molecule has 2 aliphatic rings. The molecule has 278 valence electrons. The van der Waals surface area contributed by atoms with E-state index in [2.05, 4.69) is 174 Å². The standard InChI is InChI=1S/C56H34N4/c1-3-18-36(19-4-1)53-57-54(37-20-5-2-6-21-37)59-55(58-53)43-34-33-35-17-7-8-22-38(35)50(43)42-26-16-29-46-51(42)41-24-9-11-27-44(41)56(46)45-28-12-14-32-49(45)60-48-31-13-10-23-39(48)40-25-15-30-47(56)52(40)60/h1-34H. The van der Waals surface area contributed by atoms with Crippen LogP contribution < -0.4 is 0 Å². The van der Waals surface area contributed by atoms with Crippen LogP contribution in [0.4, 0.5) is 0 Å². The number of hydrogen-bond donors (Lipinski definition) is 0. The Bertz CT molecular complexity index is 3490. The van der Waals surface area contributed by atoms with Gasteiger partial charge in [0.05, 0.1) is 22.1 Å². The van der Waals surface area contributed by atoms with Crippen molar-refractivity contribution in [3.63, 3.8) is 0 Å². The average Bonchev–Trinajstić information content (AvgIpc) is 3.82. The molecular weight excluding hydrogens is 729 g/mol. The van der Waals surface area contributed by atoms with Crippen molar-refractivity contribution >= 4 is 32.6 Å². The van der Waals surface area contributed by atoms with Gasteiger partial charge in [0.1, 0.15) is 0 Å². The van der Waals surface area contributed by atoms with E-state index in [0.717, 1.165) is 38.6 Å². The van der Waals surface area contributed by atoms with Gasteiger partial charge in [0, 0.05) is 33.0 Å². The van der Waals surface area contributed by atoms with Gasteiger partial charge in [-0.05, 0) is 67.9 Å². The summed E-state index contributed by atoms with van der Waals surface area (Å²) >= 11 is 0. The Morgan fingerprint density at radius 2 is 0.900 bits per heavy atom. The van der Waals surface area contributed by atoms with Crippen molar-refractivity contribution in [2.75, 3.05) is 0 Å². The molecule has 1 aliphatic carbocycles. The molecule has 11 aromatic rings. The first-order chi connectivity index (χ1) is 29.8. The zero-order valence-corrected chi connectivity index (χ0v) is 32.4. The molecule has 3 heterocycles. The van der Waals surface area contributed by atoms with Gasteiger partial charge in [-0.25, -0.2) is 15.0 Å². The van der Waals surface area contributed by atoms with Gasteiger partial charge in [0.25, 0.3) is 0 Å². The Kier molecular flexibility index (Phi) is 6.90. The molecule has 0 saturated carbocycles. The minimum atomic E-state index is -0.568. The Labute approximate surface area is 346 Å². The lowest BCUT2D eigenvalue weighted by Crippen LogP contribution is -2.33. The van der Waals surface area contributed by atoms with Gasteiger partial charge in [0.15, 0.2) is 17.5 Å². The lowest BCUT2D eigenvalue weighted by Gasteiger charge is -2.39. The third-order valence-electron chi connectivity index (χ3n) is 12.9. The highest BCUT2D eigenvalue weighted by atomic mass is 15.0. The van der Waals surface area contributed by atoms with Gasteiger partial charge < -0.3 is 4.57 Å². The molecule has 1 unspecified atom stereocenters. The third kappa shape index (κ3) is 4.42. The van der Waals surface area contributed by atoms with E-state index in [-0.39, 0.29) is 0 Å². The van der Waals surface area contributed by atoms with Crippen LogP contribution >= 0.6 is 0 Å². The third-order valence-corrected chi connectivity index (χ3v) is 12.9. The molecule has 2 aromatic heterocycles. The molecule has 0 saturated heterocycles. The Morgan fingerprint density at radius 1 is 0.333 bits per heavy atom. The summed E-state index contributed by atoms with van der Waals surface area (Å²) in [7, 11) is 0. The van der Waals surface area contributed by atoms with E-state index in [4.69, 9.17) is 15.0 Å². The maximum Gasteiger partial charge on any atom is 0.164 e. The largest absolute Gasteiger partial charge is 0.309 e. The van der Waals surface area contributed by atoms with E-state index in [1.54, 1.807) is 0 Å². The molecule has 4 heteroatoms. The fourth-order valence-electron chi connectivity index (χ4n) is 10.5. The Morgan fingerprint density at radius 3 is 1.70 bits per heavy atom. The normalized spacial score (nSPS) is 14.7. The highest BCUT2D eigenvalue weighted by Gasteiger charge is 2.51. The molecule has 0 amide bonds. The predicted octanol–water partition coefficient (Wildman–Crippen LogP) is 13.5. The molecule has 1 atom stereocenters. The number of aromatic nitrogens is 4. The summed E-state index contributed by atoms with van der Waals surface area (Å²) in [6.07, 6.45) is 0. The van der Waals surface area contributed by atoms with Crippen molar-refractivity contribution in [2.24, 2.45) is 0 Å². The molecule has 0 bridgehead atoms. The van der Waals surface area contributed by atoms with Gasteiger partial charge in [-0.3, -0.25) is 0 Å². The molecule has 0 N–H and O–H groups in total. The van der Waals surface area contributed by atoms with Gasteiger partial charge in [-0.1, -0.05) is 188 Å². The maximum absolute atomic E-state index is 5.29. The second-order valence-corrected chi connectivity index (χ2v) is 15.8. The van der Waals surface area contributed by atoms with Crippen LogP contribution in [0.1, 0.15) is 22.3 Å². The van der Waals surface area contributed by atoms with Crippen molar-refractivity contribution in [1.82, 2.24) is 19.5 Å². The minimum absolute atomic E-state index is 0.568. The number of para-hydroxylation sites is 3. The summed E-state index contributed by atoms with van der Waals surface area (Å²) in [5, 5.41) is 4.85. The highest BCUT2D eigenvalue weighted by Crippen LogP contribution is 2.63. The quantitative estimate of drug-likeness (QED) is 0.179. The molecule has 4 nitrogen and oxygen atoms in total. The summed E-state index contributed by atoms with van der Waals surface area (Å²) in [5.74, 6) is 1.92. The monoisotopic (exact) mass is 762 g/mol. The zero-order valence-electron chi connectivity index (χ0n) is 32.4. The van der Waals surface area contributed by atoms with Gasteiger partial charge >= 0.3 is 0 Å². The van der Waals surface area contributed by atoms with Crippen molar-refractivity contribution in [3.8, 4) is 62.1 Å². The van der Waals surface area contributed by atoms with E-state index in [0.29, 0.717) is 17.5 Å². The zero-order chi connectivity index (χ0) is 39.4. The summed E-state index contributed by atoms with van der Waals surface area (Å²) < 4.78 is 2.50. The van der Waals surface area contributed by atoms with E-state index in [1.165, 1.54) is 60.9 Å². The second kappa shape index (κ2) is 12.5. The smallest absolute Gasteiger partial charge is 0.164 e. The minimum Gasteiger partial charge on any atom is -0.309 e. The SMILES string of the molecule is c1ccc(-c2nc(-c3ccccc3)nc(-c3ccc4ccccc4c3-c3cccc4c3-c3ccccc3C43c4ccccc4-n4c5ccccc5c5cccc3c54)n2)cc1. The number of fused-ring (bicyclic) bond motifs is 13. The maximum atomic E-state index is 5.29. The summed E-state index contributed by atoms with van der Waals surface area (Å²) in [4.78, 5) is 15.6. The first-order valence-electron chi connectivity index (χ1n) is 20.5. The Hall–Kier alpha value is -7.95. The Balaban J connectivity index is 1.15. The van der Waals surface area contributed by atoms with Crippen molar-refractivity contribution in [2.45, 2.75) is 5.41 Å². The number of benzene rings is 9. The van der Waals surface area contributed by atoms with Crippen LogP contribution in [0.25, 0.3) is 94.7 Å². The first-order valence-corrected chi connectivity index (χ1v) is 20.5. The highest BCUT2D eigenvalue weighted by molar-refractivity contribution is 6.14. The molecular formula is C56H34N4. The van der Waals surface area contributed by atoms with E-state index in [1.807, 2.05) is 36.4 Å². The van der Waals surface area contributed by atoms with E-state index >= 15 is 0 Å². The number of hydrogen-bond acceptors (Lipinski definition) is 3. The van der Waals surface area contributed by atoms with Gasteiger partial charge in [0.2, 0.25) is 0 Å². The topological polar surface area (TPSA) is 43.6 Å². The van der Waals surface area contributed by atoms with Crippen molar-refractivity contribution in [1.29, 1.82) is 0 Å². The summed E-state index contributed by atoms with van der Waals surface area (Å²) in [6.45, 7) is 0. The molecule has 13 rings (SSSR count). The number of rotatable bonds is 4. The van der Waals surface area contributed by atoms with Crippen LogP contribution in [-0.4, -0.2) is 19.5 Å². The van der Waals surface area contributed by atoms with Crippen LogP contribution in [-0.2, 0) is 5.41 Å². The fraction of sp³-hybridized carbons (Fsp3) is 0.0179. The van der Waals surface area contributed by atoms with Crippen molar-refractivity contribution in [3.05, 3.63) is 229 Å².